The van der Waals surface area contributed by atoms with Crippen LogP contribution in [0.2, 0.25) is 0 Å². The van der Waals surface area contributed by atoms with E-state index in [0.29, 0.717) is 5.82 Å². The van der Waals surface area contributed by atoms with Crippen molar-refractivity contribution in [3.8, 4) is 0 Å². The van der Waals surface area contributed by atoms with Gasteiger partial charge in [0.15, 0.2) is 5.82 Å². The summed E-state index contributed by atoms with van der Waals surface area (Å²) in [4.78, 5) is 4.22. The molecule has 1 radical (unpaired) electrons. The molecular weight excluding hydrogens is 248 g/mol. The Hall–Kier alpha value is -0.376. The second-order valence-corrected chi connectivity index (χ2v) is 4.12. The van der Waals surface area contributed by atoms with Gasteiger partial charge in [-0.3, -0.25) is 5.21 Å². The van der Waals surface area contributed by atoms with Crippen LogP contribution in [0.5, 0.6) is 0 Å². The molecule has 97 valence electrons. The smallest absolute Gasteiger partial charge is 0.358 e. The molecule has 0 bridgehead atoms. The molecule has 3 nitrogen and oxygen atoms in total. The Morgan fingerprint density at radius 1 is 1.12 bits per heavy atom. The van der Waals surface area contributed by atoms with Crippen LogP contribution in [0.15, 0.2) is 18.2 Å². The van der Waals surface area contributed by atoms with E-state index in [1.165, 1.54) is 5.06 Å². The number of nitrogens with zero attached hydrogens (tertiary/aromatic N) is 2. The van der Waals surface area contributed by atoms with E-state index < -0.39 is 0 Å². The number of pyridine rings is 1. The molecule has 0 spiro atoms. The molecule has 1 heterocycles. The largest absolute Gasteiger partial charge is 3.00 e. The summed E-state index contributed by atoms with van der Waals surface area (Å²) in [5.41, 5.74) is 0.585. The van der Waals surface area contributed by atoms with Gasteiger partial charge in [0.05, 0.1) is 5.54 Å². The minimum atomic E-state index is -0.319. The normalized spacial score (nSPS) is 8.76. The monoisotopic (exact) mass is 273 g/mol. The van der Waals surface area contributed by atoms with Gasteiger partial charge in [-0.15, -0.1) is 0 Å². The fraction of sp³-hybridized carbons (Fsp3) is 0.385. The van der Waals surface area contributed by atoms with Crippen LogP contribution in [0.4, 0.5) is 5.82 Å². The molecule has 0 saturated heterocycles. The van der Waals surface area contributed by atoms with Gasteiger partial charge in [0.25, 0.3) is 0 Å². The zero-order valence-electron chi connectivity index (χ0n) is 12.1. The van der Waals surface area contributed by atoms with Crippen molar-refractivity contribution in [3.63, 3.8) is 0 Å². The van der Waals surface area contributed by atoms with E-state index in [9.17, 15) is 5.21 Å². The fourth-order valence-electron chi connectivity index (χ4n) is 0.990. The second-order valence-electron chi connectivity index (χ2n) is 4.12. The molecule has 4 heteroatoms. The van der Waals surface area contributed by atoms with Gasteiger partial charge >= 0.3 is 21.7 Å². The summed E-state index contributed by atoms with van der Waals surface area (Å²) in [7, 11) is 0. The third kappa shape index (κ3) is 7.53. The Morgan fingerprint density at radius 3 is 1.94 bits per heavy atom. The Morgan fingerprint density at radius 2 is 1.59 bits per heavy atom. The van der Waals surface area contributed by atoms with Crippen LogP contribution in [0, 0.1) is 29.2 Å². The molecule has 0 aromatic carbocycles. The van der Waals surface area contributed by atoms with Gasteiger partial charge in [-0.25, -0.2) is 10.0 Å². The Bertz CT molecular complexity index is 298. The van der Waals surface area contributed by atoms with E-state index in [-0.39, 0.29) is 49.5 Å². The molecule has 1 aromatic heterocycles. The molecule has 17 heavy (non-hydrogen) atoms. The SMILES string of the molecule is Cc1cccc(N(O)C(C)(C)C)n1.[CH3-].[CH3-].[CH3-].[Ti+3]. The number of hydroxylamine groups is 1. The summed E-state index contributed by atoms with van der Waals surface area (Å²) >= 11 is 0. The molecule has 0 unspecified atom stereocenters. The van der Waals surface area contributed by atoms with Gasteiger partial charge in [0.1, 0.15) is 0 Å². The van der Waals surface area contributed by atoms with Gasteiger partial charge in [-0.2, -0.15) is 0 Å². The number of anilines is 1. The summed E-state index contributed by atoms with van der Waals surface area (Å²) in [6, 6.07) is 5.57. The Labute approximate surface area is 122 Å². The fourth-order valence-corrected chi connectivity index (χ4v) is 0.990. The van der Waals surface area contributed by atoms with E-state index in [1.54, 1.807) is 6.07 Å². The van der Waals surface area contributed by atoms with Crippen LogP contribution in [-0.2, 0) is 21.7 Å². The average Bonchev–Trinajstić information content (AvgIpc) is 2.01. The second kappa shape index (κ2) is 9.63. The molecule has 1 N–H and O–H groups in total. The zero-order chi connectivity index (χ0) is 10.1. The molecule has 1 rings (SSSR count). The predicted molar refractivity (Wildman–Crippen MR) is 72.2 cm³/mol. The molecule has 0 fully saturated rings. The topological polar surface area (TPSA) is 36.4 Å². The summed E-state index contributed by atoms with van der Waals surface area (Å²) in [6.45, 7) is 7.69. The maximum absolute atomic E-state index is 9.75. The first kappa shape index (κ1) is 25.5. The average molecular weight is 273 g/mol. The molecular formula is C13H25N2OTi. The van der Waals surface area contributed by atoms with Crippen molar-refractivity contribution in [2.75, 3.05) is 5.06 Å². The van der Waals surface area contributed by atoms with Crippen LogP contribution in [0.25, 0.3) is 0 Å². The van der Waals surface area contributed by atoms with Crippen LogP contribution >= 0.6 is 0 Å². The predicted octanol–water partition coefficient (Wildman–Crippen LogP) is 3.73. The van der Waals surface area contributed by atoms with Gasteiger partial charge in [-0.1, -0.05) is 6.07 Å². The van der Waals surface area contributed by atoms with Crippen molar-refractivity contribution in [1.29, 1.82) is 0 Å². The van der Waals surface area contributed by atoms with Crippen LogP contribution < -0.4 is 5.06 Å². The van der Waals surface area contributed by atoms with Crippen LogP contribution in [0.1, 0.15) is 26.5 Å². The van der Waals surface area contributed by atoms with E-state index in [4.69, 9.17) is 0 Å². The van der Waals surface area contributed by atoms with Crippen molar-refractivity contribution >= 4 is 5.82 Å². The molecule has 0 saturated carbocycles. The van der Waals surface area contributed by atoms with Gasteiger partial charge in [-0.05, 0) is 39.8 Å². The Balaban J connectivity index is -0.000000211. The van der Waals surface area contributed by atoms with Gasteiger partial charge < -0.3 is 22.3 Å². The van der Waals surface area contributed by atoms with E-state index >= 15 is 0 Å². The maximum atomic E-state index is 9.75. The summed E-state index contributed by atoms with van der Waals surface area (Å²) in [5, 5.41) is 10.9. The number of aryl methyl sites for hydroxylation is 1. The maximum Gasteiger partial charge on any atom is 3.00 e. The molecule has 0 atom stereocenters. The molecule has 0 aliphatic carbocycles. The third-order valence-corrected chi connectivity index (χ3v) is 1.73. The van der Waals surface area contributed by atoms with Crippen molar-refractivity contribution in [3.05, 3.63) is 46.2 Å². The quantitative estimate of drug-likeness (QED) is 0.481. The third-order valence-electron chi connectivity index (χ3n) is 1.73. The van der Waals surface area contributed by atoms with Crippen molar-refractivity contribution in [2.24, 2.45) is 0 Å². The minimum Gasteiger partial charge on any atom is -0.358 e. The van der Waals surface area contributed by atoms with E-state index in [0.717, 1.165) is 5.69 Å². The van der Waals surface area contributed by atoms with E-state index in [1.807, 2.05) is 39.8 Å². The summed E-state index contributed by atoms with van der Waals surface area (Å²) in [6.07, 6.45) is 0. The van der Waals surface area contributed by atoms with Crippen molar-refractivity contribution in [2.45, 2.75) is 33.2 Å². The number of aromatic nitrogens is 1. The molecule has 0 aliphatic heterocycles. The van der Waals surface area contributed by atoms with Crippen LogP contribution in [-0.4, -0.2) is 15.7 Å². The first-order chi connectivity index (χ1) is 5.91. The first-order valence-electron chi connectivity index (χ1n) is 4.34. The number of hydrogen-bond donors (Lipinski definition) is 1. The molecule has 0 amide bonds. The summed E-state index contributed by atoms with van der Waals surface area (Å²) in [5.74, 6) is 0.590. The zero-order valence-corrected chi connectivity index (χ0v) is 13.6. The van der Waals surface area contributed by atoms with Crippen LogP contribution in [0.3, 0.4) is 0 Å². The molecule has 0 aliphatic rings. The molecule has 1 aromatic rings. The van der Waals surface area contributed by atoms with E-state index in [2.05, 4.69) is 4.98 Å². The number of rotatable bonds is 1. The standard InChI is InChI=1S/C10H16N2O.3CH3.Ti/c1-8-6-5-7-9(11-8)12(13)10(2,3)4;;;;/h5-7,13H,1-4H3;3*1H3;/q;3*-1;+3. The van der Waals surface area contributed by atoms with Crippen molar-refractivity contribution < 1.29 is 26.9 Å². The van der Waals surface area contributed by atoms with Gasteiger partial charge in [0, 0.05) is 5.69 Å². The number of hydrogen-bond acceptors (Lipinski definition) is 3. The van der Waals surface area contributed by atoms with Crippen molar-refractivity contribution in [1.82, 2.24) is 4.98 Å². The summed E-state index contributed by atoms with van der Waals surface area (Å²) < 4.78 is 0. The Kier molecular flexibility index (Phi) is 14.4. The van der Waals surface area contributed by atoms with Gasteiger partial charge in [0.2, 0.25) is 0 Å². The minimum absolute atomic E-state index is 0. The first-order valence-corrected chi connectivity index (χ1v) is 4.34.